The summed E-state index contributed by atoms with van der Waals surface area (Å²) in [6.45, 7) is -0.177. The maximum Gasteiger partial charge on any atom is 0.357 e. The Labute approximate surface area is 172 Å². The zero-order chi connectivity index (χ0) is 20.8. The highest BCUT2D eigenvalue weighted by atomic mass is 16.5. The average molecular weight is 401 g/mol. The molecule has 0 saturated carbocycles. The molecule has 0 aliphatic carbocycles. The fourth-order valence-corrected chi connectivity index (χ4v) is 2.90. The summed E-state index contributed by atoms with van der Waals surface area (Å²) in [5.74, 6) is -0.445. The molecule has 150 valence electrons. The van der Waals surface area contributed by atoms with E-state index in [1.165, 1.54) is 10.9 Å². The fraction of sp³-hybridized carbons (Fsp3) is 0.0870. The van der Waals surface area contributed by atoms with Crippen LogP contribution in [-0.2, 0) is 16.1 Å². The van der Waals surface area contributed by atoms with E-state index < -0.39 is 18.5 Å². The Hall–Kier alpha value is -4.13. The largest absolute Gasteiger partial charge is 0.467 e. The van der Waals surface area contributed by atoms with Gasteiger partial charge in [-0.25, -0.2) is 9.48 Å². The van der Waals surface area contributed by atoms with Gasteiger partial charge in [0.05, 0.1) is 24.2 Å². The number of hydrogen-bond donors (Lipinski definition) is 1. The number of esters is 1. The number of aromatic nitrogens is 2. The molecule has 1 N–H and O–H groups in total. The fourth-order valence-electron chi connectivity index (χ4n) is 2.90. The average Bonchev–Trinajstić information content (AvgIpc) is 3.47. The van der Waals surface area contributed by atoms with Gasteiger partial charge in [0, 0.05) is 5.56 Å². The Morgan fingerprint density at radius 2 is 1.70 bits per heavy atom. The summed E-state index contributed by atoms with van der Waals surface area (Å²) >= 11 is 0. The van der Waals surface area contributed by atoms with Crippen LogP contribution in [0, 0.1) is 0 Å². The van der Waals surface area contributed by atoms with Crippen LogP contribution in [-0.4, -0.2) is 28.3 Å². The van der Waals surface area contributed by atoms with Gasteiger partial charge >= 0.3 is 5.97 Å². The van der Waals surface area contributed by atoms with Crippen molar-refractivity contribution in [2.24, 2.45) is 0 Å². The number of amides is 1. The molecule has 7 heteroatoms. The topological polar surface area (TPSA) is 86.4 Å². The number of ether oxygens (including phenoxy) is 1. The van der Waals surface area contributed by atoms with E-state index in [0.717, 1.165) is 5.56 Å². The summed E-state index contributed by atoms with van der Waals surface area (Å²) in [6, 6.07) is 24.0. The Morgan fingerprint density at radius 3 is 2.40 bits per heavy atom. The van der Waals surface area contributed by atoms with Crippen LogP contribution in [0.25, 0.3) is 16.9 Å². The number of nitrogens with one attached hydrogen (secondary N) is 1. The van der Waals surface area contributed by atoms with Crippen molar-refractivity contribution in [1.82, 2.24) is 15.1 Å². The van der Waals surface area contributed by atoms with Gasteiger partial charge in [-0.05, 0) is 30.3 Å². The Morgan fingerprint density at radius 1 is 0.967 bits per heavy atom. The van der Waals surface area contributed by atoms with E-state index >= 15 is 0 Å². The minimum absolute atomic E-state index is 0.226. The van der Waals surface area contributed by atoms with Gasteiger partial charge in [0.1, 0.15) is 5.76 Å². The molecule has 1 amide bonds. The van der Waals surface area contributed by atoms with E-state index in [9.17, 15) is 9.59 Å². The number of hydrogen-bond acceptors (Lipinski definition) is 5. The third-order valence-electron chi connectivity index (χ3n) is 4.36. The summed E-state index contributed by atoms with van der Waals surface area (Å²) in [7, 11) is 0. The summed E-state index contributed by atoms with van der Waals surface area (Å²) in [5.41, 5.74) is 2.46. The number of nitrogens with zero attached hydrogens (tertiary/aromatic N) is 2. The van der Waals surface area contributed by atoms with Crippen molar-refractivity contribution in [2.45, 2.75) is 6.54 Å². The molecule has 0 spiro atoms. The zero-order valence-corrected chi connectivity index (χ0v) is 16.0. The minimum atomic E-state index is -0.637. The van der Waals surface area contributed by atoms with Crippen LogP contribution in [0.15, 0.2) is 89.5 Å². The normalized spacial score (nSPS) is 10.5. The molecule has 30 heavy (non-hydrogen) atoms. The first-order chi connectivity index (χ1) is 14.7. The van der Waals surface area contributed by atoms with E-state index in [1.807, 2.05) is 60.7 Å². The van der Waals surface area contributed by atoms with Crippen molar-refractivity contribution < 1.29 is 18.7 Å². The molecule has 2 aromatic heterocycles. The smallest absolute Gasteiger partial charge is 0.357 e. The Bertz CT molecular complexity index is 1120. The highest BCUT2D eigenvalue weighted by Gasteiger charge is 2.20. The van der Waals surface area contributed by atoms with Crippen LogP contribution >= 0.6 is 0 Å². The second kappa shape index (κ2) is 8.91. The van der Waals surface area contributed by atoms with Crippen molar-refractivity contribution in [3.63, 3.8) is 0 Å². The molecule has 0 fully saturated rings. The van der Waals surface area contributed by atoms with Crippen molar-refractivity contribution in [3.8, 4) is 16.9 Å². The third kappa shape index (κ3) is 4.47. The maximum absolute atomic E-state index is 12.7. The lowest BCUT2D eigenvalue weighted by molar-refractivity contribution is -0.124. The van der Waals surface area contributed by atoms with Gasteiger partial charge in [-0.2, -0.15) is 5.10 Å². The number of carbonyl (C=O) groups excluding carboxylic acids is 2. The van der Waals surface area contributed by atoms with Crippen molar-refractivity contribution in [3.05, 3.63) is 96.6 Å². The van der Waals surface area contributed by atoms with Crippen LogP contribution < -0.4 is 5.32 Å². The first kappa shape index (κ1) is 19.2. The lowest BCUT2D eigenvalue weighted by atomic mass is 10.1. The van der Waals surface area contributed by atoms with Crippen LogP contribution in [0.1, 0.15) is 16.2 Å². The lowest BCUT2D eigenvalue weighted by Crippen LogP contribution is -2.28. The predicted molar refractivity (Wildman–Crippen MR) is 110 cm³/mol. The van der Waals surface area contributed by atoms with Crippen LogP contribution in [0.4, 0.5) is 0 Å². The molecular formula is C23H19N3O4. The summed E-state index contributed by atoms with van der Waals surface area (Å²) < 4.78 is 11.9. The van der Waals surface area contributed by atoms with E-state index in [4.69, 9.17) is 9.15 Å². The van der Waals surface area contributed by atoms with E-state index in [1.54, 1.807) is 18.2 Å². The molecule has 0 unspecified atom stereocenters. The van der Waals surface area contributed by atoms with E-state index in [2.05, 4.69) is 10.4 Å². The molecule has 2 heterocycles. The van der Waals surface area contributed by atoms with Crippen LogP contribution in [0.2, 0.25) is 0 Å². The molecule has 0 aliphatic rings. The molecule has 7 nitrogen and oxygen atoms in total. The van der Waals surface area contributed by atoms with Gasteiger partial charge in [-0.3, -0.25) is 4.79 Å². The number of rotatable bonds is 7. The molecule has 0 saturated heterocycles. The molecular weight excluding hydrogens is 382 g/mol. The Balaban J connectivity index is 1.50. The quantitative estimate of drug-likeness (QED) is 0.478. The number of furan rings is 1. The molecule has 4 rings (SSSR count). The first-order valence-electron chi connectivity index (χ1n) is 9.38. The minimum Gasteiger partial charge on any atom is -0.467 e. The maximum atomic E-state index is 12.7. The molecule has 0 radical (unpaired) electrons. The van der Waals surface area contributed by atoms with Gasteiger partial charge in [0.25, 0.3) is 5.91 Å². The van der Waals surface area contributed by atoms with E-state index in [-0.39, 0.29) is 12.2 Å². The first-order valence-corrected chi connectivity index (χ1v) is 9.38. The highest BCUT2D eigenvalue weighted by molar-refractivity contribution is 5.91. The lowest BCUT2D eigenvalue weighted by Gasteiger charge is -2.08. The monoisotopic (exact) mass is 401 g/mol. The standard InChI is InChI=1S/C23H19N3O4/c27-22(24-15-19-12-7-13-29-19)16-30-23(28)21-14-20(17-8-3-1-4-9-17)25-26(21)18-10-5-2-6-11-18/h1-14H,15-16H2,(H,24,27). The number of benzene rings is 2. The molecule has 0 bridgehead atoms. The third-order valence-corrected chi connectivity index (χ3v) is 4.36. The Kier molecular flexibility index (Phi) is 5.70. The van der Waals surface area contributed by atoms with Gasteiger partial charge in [0.2, 0.25) is 0 Å². The van der Waals surface area contributed by atoms with Gasteiger partial charge in [-0.1, -0.05) is 48.5 Å². The van der Waals surface area contributed by atoms with Gasteiger partial charge in [0.15, 0.2) is 12.3 Å². The molecule has 4 aromatic rings. The molecule has 2 aromatic carbocycles. The second-order valence-corrected chi connectivity index (χ2v) is 6.46. The van der Waals surface area contributed by atoms with Crippen molar-refractivity contribution >= 4 is 11.9 Å². The van der Waals surface area contributed by atoms with Gasteiger partial charge in [-0.15, -0.1) is 0 Å². The molecule has 0 aliphatic heterocycles. The SMILES string of the molecule is O=C(COC(=O)c1cc(-c2ccccc2)nn1-c1ccccc1)NCc1ccco1. The highest BCUT2D eigenvalue weighted by Crippen LogP contribution is 2.22. The number of carbonyl (C=O) groups is 2. The summed E-state index contributed by atoms with van der Waals surface area (Å²) in [4.78, 5) is 24.7. The summed E-state index contributed by atoms with van der Waals surface area (Å²) in [5, 5.41) is 7.21. The molecule has 0 atom stereocenters. The van der Waals surface area contributed by atoms with Gasteiger partial charge < -0.3 is 14.5 Å². The zero-order valence-electron chi connectivity index (χ0n) is 16.0. The van der Waals surface area contributed by atoms with Crippen molar-refractivity contribution in [2.75, 3.05) is 6.61 Å². The number of para-hydroxylation sites is 1. The summed E-state index contributed by atoms with van der Waals surface area (Å²) in [6.07, 6.45) is 1.52. The van der Waals surface area contributed by atoms with Crippen molar-refractivity contribution in [1.29, 1.82) is 0 Å². The predicted octanol–water partition coefficient (Wildman–Crippen LogP) is 3.61. The van der Waals surface area contributed by atoms with Crippen LogP contribution in [0.3, 0.4) is 0 Å². The van der Waals surface area contributed by atoms with E-state index in [0.29, 0.717) is 17.1 Å². The van der Waals surface area contributed by atoms with Crippen LogP contribution in [0.5, 0.6) is 0 Å². The second-order valence-electron chi connectivity index (χ2n) is 6.46.